The number of H-pyrrole nitrogens is 1. The highest BCUT2D eigenvalue weighted by molar-refractivity contribution is 7.98. The summed E-state index contributed by atoms with van der Waals surface area (Å²) in [5.74, 6) is 1.81. The van der Waals surface area contributed by atoms with Gasteiger partial charge in [0.2, 0.25) is 0 Å². The van der Waals surface area contributed by atoms with E-state index in [9.17, 15) is 5.11 Å². The highest BCUT2D eigenvalue weighted by atomic mass is 32.2. The van der Waals surface area contributed by atoms with Crippen LogP contribution in [-0.2, 0) is 5.75 Å². The Balaban J connectivity index is 1.82. The Labute approximate surface area is 132 Å². The lowest BCUT2D eigenvalue weighted by atomic mass is 10.1. The third-order valence-corrected chi connectivity index (χ3v) is 4.42. The van der Waals surface area contributed by atoms with Crippen LogP contribution in [0.2, 0.25) is 0 Å². The molecule has 0 spiro atoms. The highest BCUT2D eigenvalue weighted by Gasteiger charge is 2.11. The van der Waals surface area contributed by atoms with Crippen LogP contribution >= 0.6 is 11.8 Å². The van der Waals surface area contributed by atoms with Gasteiger partial charge in [0.05, 0.1) is 23.8 Å². The molecule has 2 heterocycles. The van der Waals surface area contributed by atoms with Crippen molar-refractivity contribution < 1.29 is 9.84 Å². The third-order valence-electron chi connectivity index (χ3n) is 3.54. The van der Waals surface area contributed by atoms with E-state index >= 15 is 0 Å². The average Bonchev–Trinajstić information content (AvgIpc) is 2.89. The second kappa shape index (κ2) is 5.88. The number of imidazole rings is 1. The minimum atomic E-state index is 0.219. The fourth-order valence-electron chi connectivity index (χ4n) is 2.39. The van der Waals surface area contributed by atoms with E-state index in [2.05, 4.69) is 15.0 Å². The minimum absolute atomic E-state index is 0.219. The van der Waals surface area contributed by atoms with Crippen molar-refractivity contribution in [2.45, 2.75) is 24.8 Å². The van der Waals surface area contributed by atoms with Gasteiger partial charge in [-0.15, -0.1) is 0 Å². The zero-order chi connectivity index (χ0) is 15.7. The van der Waals surface area contributed by atoms with Gasteiger partial charge >= 0.3 is 0 Å². The Morgan fingerprint density at radius 2 is 2.14 bits per heavy atom. The fourth-order valence-corrected chi connectivity index (χ4v) is 3.30. The summed E-state index contributed by atoms with van der Waals surface area (Å²) in [6.07, 6.45) is 1.83. The van der Waals surface area contributed by atoms with Gasteiger partial charge in [0.15, 0.2) is 5.16 Å². The fraction of sp³-hybridized carbons (Fsp3) is 0.250. The van der Waals surface area contributed by atoms with Gasteiger partial charge in [-0.2, -0.15) is 0 Å². The Bertz CT molecular complexity index is 830. The molecule has 0 atom stereocenters. The van der Waals surface area contributed by atoms with Gasteiger partial charge in [-0.05, 0) is 26.0 Å². The lowest BCUT2D eigenvalue weighted by molar-refractivity contribution is 0.407. The zero-order valence-corrected chi connectivity index (χ0v) is 13.5. The molecular formula is C16H17N3O2S. The highest BCUT2D eigenvalue weighted by Crippen LogP contribution is 2.29. The van der Waals surface area contributed by atoms with Crippen molar-refractivity contribution in [2.75, 3.05) is 7.11 Å². The number of phenols is 1. The van der Waals surface area contributed by atoms with E-state index in [1.54, 1.807) is 31.0 Å². The predicted octanol–water partition coefficient (Wildman–Crippen LogP) is 3.58. The quantitative estimate of drug-likeness (QED) is 0.720. The first-order valence-corrected chi connectivity index (χ1v) is 7.87. The van der Waals surface area contributed by atoms with Gasteiger partial charge < -0.3 is 14.8 Å². The van der Waals surface area contributed by atoms with E-state index < -0.39 is 0 Å². The molecule has 0 radical (unpaired) electrons. The van der Waals surface area contributed by atoms with Crippen LogP contribution < -0.4 is 4.74 Å². The molecule has 0 aliphatic heterocycles. The van der Waals surface area contributed by atoms with Crippen molar-refractivity contribution in [1.29, 1.82) is 0 Å². The first kappa shape index (κ1) is 14.7. The number of aromatic nitrogens is 3. The number of thioether (sulfide) groups is 1. The Kier molecular flexibility index (Phi) is 3.94. The Hall–Kier alpha value is -2.21. The molecule has 0 aliphatic rings. The van der Waals surface area contributed by atoms with Crippen LogP contribution in [-0.4, -0.2) is 27.2 Å². The van der Waals surface area contributed by atoms with E-state index in [-0.39, 0.29) is 5.75 Å². The largest absolute Gasteiger partial charge is 0.508 e. The maximum atomic E-state index is 9.48. The van der Waals surface area contributed by atoms with Gasteiger partial charge in [-0.3, -0.25) is 4.98 Å². The summed E-state index contributed by atoms with van der Waals surface area (Å²) < 4.78 is 5.43. The Morgan fingerprint density at radius 3 is 2.91 bits per heavy atom. The van der Waals surface area contributed by atoms with E-state index in [1.807, 2.05) is 26.1 Å². The number of rotatable bonds is 4. The van der Waals surface area contributed by atoms with Crippen LogP contribution in [0.25, 0.3) is 11.0 Å². The van der Waals surface area contributed by atoms with Crippen molar-refractivity contribution in [3.63, 3.8) is 0 Å². The standard InChI is InChI=1S/C16H17N3O2S/c1-9-7-17-14(10(2)15(9)21-3)8-22-16-18-12-5-4-11(20)6-13(12)19-16/h4-7,20H,8H2,1-3H3,(H,18,19). The normalized spacial score (nSPS) is 11.0. The zero-order valence-electron chi connectivity index (χ0n) is 12.7. The van der Waals surface area contributed by atoms with Crippen molar-refractivity contribution in [1.82, 2.24) is 15.0 Å². The molecule has 6 heteroatoms. The third kappa shape index (κ3) is 2.74. The second-order valence-corrected chi connectivity index (χ2v) is 6.04. The van der Waals surface area contributed by atoms with E-state index in [4.69, 9.17) is 4.74 Å². The number of fused-ring (bicyclic) bond motifs is 1. The van der Waals surface area contributed by atoms with Crippen LogP contribution in [0, 0.1) is 13.8 Å². The second-order valence-electron chi connectivity index (χ2n) is 5.08. The van der Waals surface area contributed by atoms with Gasteiger partial charge in [0, 0.05) is 29.1 Å². The number of hydrogen-bond donors (Lipinski definition) is 2. The number of aromatic amines is 1. The van der Waals surface area contributed by atoms with Crippen molar-refractivity contribution >= 4 is 22.8 Å². The SMILES string of the molecule is COc1c(C)cnc(CSc2nc3cc(O)ccc3[nH]2)c1C. The summed E-state index contributed by atoms with van der Waals surface area (Å²) in [4.78, 5) is 12.2. The molecule has 2 N–H and O–H groups in total. The van der Waals surface area contributed by atoms with Crippen LogP contribution in [0.15, 0.2) is 29.6 Å². The number of aromatic hydroxyl groups is 1. The molecule has 0 aliphatic carbocycles. The smallest absolute Gasteiger partial charge is 0.166 e. The summed E-state index contributed by atoms with van der Waals surface area (Å²) in [5.41, 5.74) is 4.74. The van der Waals surface area contributed by atoms with Crippen LogP contribution in [0.1, 0.15) is 16.8 Å². The monoisotopic (exact) mass is 315 g/mol. The van der Waals surface area contributed by atoms with Crippen LogP contribution in [0.4, 0.5) is 0 Å². The number of pyridine rings is 1. The van der Waals surface area contributed by atoms with Gasteiger partial charge in [0.25, 0.3) is 0 Å². The lowest BCUT2D eigenvalue weighted by Gasteiger charge is -2.11. The molecule has 0 saturated carbocycles. The van der Waals surface area contributed by atoms with Crippen molar-refractivity contribution in [3.05, 3.63) is 41.2 Å². The number of hydrogen-bond acceptors (Lipinski definition) is 5. The van der Waals surface area contributed by atoms with Gasteiger partial charge in [-0.1, -0.05) is 11.8 Å². The number of nitrogens with one attached hydrogen (secondary N) is 1. The number of benzene rings is 1. The molecule has 3 aromatic rings. The molecule has 3 rings (SSSR count). The molecule has 22 heavy (non-hydrogen) atoms. The molecule has 1 aromatic carbocycles. The topological polar surface area (TPSA) is 71.0 Å². The maximum absolute atomic E-state index is 9.48. The molecular weight excluding hydrogens is 298 g/mol. The Morgan fingerprint density at radius 1 is 1.32 bits per heavy atom. The molecule has 0 amide bonds. The number of nitrogens with zero attached hydrogens (tertiary/aromatic N) is 2. The molecule has 5 nitrogen and oxygen atoms in total. The summed E-state index contributed by atoms with van der Waals surface area (Å²) >= 11 is 1.58. The molecule has 0 fully saturated rings. The van der Waals surface area contributed by atoms with Crippen molar-refractivity contribution in [3.8, 4) is 11.5 Å². The maximum Gasteiger partial charge on any atom is 0.166 e. The number of phenolic OH excluding ortho intramolecular Hbond substituents is 1. The van der Waals surface area contributed by atoms with Gasteiger partial charge in [0.1, 0.15) is 11.5 Å². The molecule has 0 saturated heterocycles. The number of aryl methyl sites for hydroxylation is 1. The average molecular weight is 315 g/mol. The lowest BCUT2D eigenvalue weighted by Crippen LogP contribution is -1.98. The minimum Gasteiger partial charge on any atom is -0.508 e. The van der Waals surface area contributed by atoms with Crippen molar-refractivity contribution in [2.24, 2.45) is 0 Å². The summed E-state index contributed by atoms with van der Waals surface area (Å²) in [6, 6.07) is 5.11. The van der Waals surface area contributed by atoms with E-state index in [0.29, 0.717) is 5.75 Å². The van der Waals surface area contributed by atoms with E-state index in [0.717, 1.165) is 38.8 Å². The van der Waals surface area contributed by atoms with Crippen LogP contribution in [0.3, 0.4) is 0 Å². The number of ether oxygens (including phenoxy) is 1. The molecule has 0 unspecified atom stereocenters. The molecule has 2 aromatic heterocycles. The first-order valence-electron chi connectivity index (χ1n) is 6.89. The van der Waals surface area contributed by atoms with Gasteiger partial charge in [-0.25, -0.2) is 4.98 Å². The molecule has 0 bridgehead atoms. The van der Waals surface area contributed by atoms with Crippen LogP contribution in [0.5, 0.6) is 11.5 Å². The summed E-state index contributed by atoms with van der Waals surface area (Å²) in [7, 11) is 1.68. The summed E-state index contributed by atoms with van der Waals surface area (Å²) in [5, 5.41) is 10.3. The molecule has 114 valence electrons. The number of methoxy groups -OCH3 is 1. The predicted molar refractivity (Wildman–Crippen MR) is 87.6 cm³/mol. The first-order chi connectivity index (χ1) is 10.6. The summed E-state index contributed by atoms with van der Waals surface area (Å²) in [6.45, 7) is 4.01. The van der Waals surface area contributed by atoms with E-state index in [1.165, 1.54) is 0 Å².